The van der Waals surface area contributed by atoms with Crippen LogP contribution < -0.4 is 0 Å². The first kappa shape index (κ1) is 11.6. The third-order valence-corrected chi connectivity index (χ3v) is 5.05. The lowest BCUT2D eigenvalue weighted by atomic mass is 10.1. The minimum absolute atomic E-state index is 0.277. The molecule has 1 aromatic rings. The van der Waals surface area contributed by atoms with Crippen LogP contribution in [0.5, 0.6) is 0 Å². The topological polar surface area (TPSA) is 37.3 Å². The van der Waals surface area contributed by atoms with E-state index in [1.54, 1.807) is 0 Å². The van der Waals surface area contributed by atoms with Crippen molar-refractivity contribution in [3.05, 3.63) is 47.3 Å². The zero-order chi connectivity index (χ0) is 11.4. The van der Waals surface area contributed by atoms with Crippen molar-refractivity contribution in [2.24, 2.45) is 0 Å². The molecule has 1 atom stereocenters. The molecule has 1 unspecified atom stereocenters. The molecule has 0 aliphatic heterocycles. The Morgan fingerprint density at radius 1 is 1.19 bits per heavy atom. The van der Waals surface area contributed by atoms with Crippen LogP contribution in [0.15, 0.2) is 41.7 Å². The lowest BCUT2D eigenvalue weighted by Gasteiger charge is -2.18. The van der Waals surface area contributed by atoms with E-state index in [1.807, 2.05) is 36.4 Å². The van der Waals surface area contributed by atoms with Gasteiger partial charge in [0, 0.05) is 5.31 Å². The lowest BCUT2D eigenvalue weighted by Crippen LogP contribution is -1.96. The summed E-state index contributed by atoms with van der Waals surface area (Å²) in [6, 6.07) is 9.55. The third kappa shape index (κ3) is 2.84. The van der Waals surface area contributed by atoms with Gasteiger partial charge in [-0.15, -0.1) is 0 Å². The number of benzene rings is 1. The van der Waals surface area contributed by atoms with Gasteiger partial charge in [0.1, 0.15) is 0 Å². The molecule has 0 radical (unpaired) electrons. The number of allylic oxidation sites excluding steroid dienone is 2. The summed E-state index contributed by atoms with van der Waals surface area (Å²) in [5.74, 6) is 0. The van der Waals surface area contributed by atoms with E-state index >= 15 is 0 Å². The minimum Gasteiger partial charge on any atom is -0.341 e. The highest BCUT2D eigenvalue weighted by Gasteiger charge is 2.25. The molecule has 0 bridgehead atoms. The van der Waals surface area contributed by atoms with Crippen molar-refractivity contribution in [2.75, 3.05) is 0 Å². The summed E-state index contributed by atoms with van der Waals surface area (Å²) in [6.45, 7) is 0. The molecule has 0 spiro atoms. The summed E-state index contributed by atoms with van der Waals surface area (Å²) in [5, 5.41) is 0.780. The molecular weight excluding hydrogens is 219 g/mol. The maximum Gasteiger partial charge on any atom is 0.229 e. The van der Waals surface area contributed by atoms with Crippen molar-refractivity contribution >= 4 is 7.37 Å². The molecule has 3 heteroatoms. The zero-order valence-corrected chi connectivity index (χ0v) is 10.2. The van der Waals surface area contributed by atoms with Crippen LogP contribution in [-0.2, 0) is 10.7 Å². The molecule has 86 valence electrons. The van der Waals surface area contributed by atoms with Gasteiger partial charge in [-0.3, -0.25) is 4.57 Å². The Morgan fingerprint density at radius 3 is 2.56 bits per heavy atom. The predicted octanol–water partition coefficient (Wildman–Crippen LogP) is 3.91. The van der Waals surface area contributed by atoms with Gasteiger partial charge in [0.05, 0.1) is 6.16 Å². The van der Waals surface area contributed by atoms with Crippen molar-refractivity contribution in [1.29, 1.82) is 0 Å². The second kappa shape index (κ2) is 4.99. The second-order valence-electron chi connectivity index (χ2n) is 4.29. The van der Waals surface area contributed by atoms with Crippen LogP contribution in [0.3, 0.4) is 0 Å². The summed E-state index contributed by atoms with van der Waals surface area (Å²) < 4.78 is 12.2. The standard InChI is InChI=1S/C13H17O2P/c14-16(15,13-9-5-2-6-10-13)11-12-7-3-1-4-8-12/h1,3-4,7-9H,2,5-6,10-11H2,(H,14,15). The quantitative estimate of drug-likeness (QED) is 0.808. The maximum atomic E-state index is 12.2. The summed E-state index contributed by atoms with van der Waals surface area (Å²) in [6.07, 6.45) is 6.18. The average molecular weight is 236 g/mol. The smallest absolute Gasteiger partial charge is 0.229 e. The normalized spacial score (nSPS) is 19.9. The Labute approximate surface area is 96.5 Å². The molecule has 16 heavy (non-hydrogen) atoms. The van der Waals surface area contributed by atoms with Gasteiger partial charge < -0.3 is 4.89 Å². The van der Waals surface area contributed by atoms with E-state index < -0.39 is 7.37 Å². The Balaban J connectivity index is 2.14. The molecule has 0 amide bonds. The van der Waals surface area contributed by atoms with Gasteiger partial charge in [-0.05, 0) is 31.2 Å². The molecular formula is C13H17O2P. The average Bonchev–Trinajstić information content (AvgIpc) is 2.31. The van der Waals surface area contributed by atoms with Crippen LogP contribution >= 0.6 is 7.37 Å². The Bertz CT molecular complexity index is 423. The highest BCUT2D eigenvalue weighted by molar-refractivity contribution is 7.61. The summed E-state index contributed by atoms with van der Waals surface area (Å²) in [7, 11) is -3.13. The largest absolute Gasteiger partial charge is 0.341 e. The van der Waals surface area contributed by atoms with E-state index in [1.165, 1.54) is 0 Å². The SMILES string of the molecule is O=P(O)(Cc1ccccc1)C1=CCCCC1. The summed E-state index contributed by atoms with van der Waals surface area (Å²) >= 11 is 0. The third-order valence-electron chi connectivity index (χ3n) is 2.96. The highest BCUT2D eigenvalue weighted by Crippen LogP contribution is 2.55. The molecule has 2 rings (SSSR count). The fraction of sp³-hybridized carbons (Fsp3) is 0.385. The fourth-order valence-electron chi connectivity index (χ4n) is 2.07. The van der Waals surface area contributed by atoms with Gasteiger partial charge in [-0.25, -0.2) is 0 Å². The molecule has 1 aliphatic rings. The lowest BCUT2D eigenvalue weighted by molar-refractivity contribution is 0.480. The van der Waals surface area contributed by atoms with E-state index in [2.05, 4.69) is 0 Å². The van der Waals surface area contributed by atoms with Gasteiger partial charge in [0.25, 0.3) is 0 Å². The molecule has 2 nitrogen and oxygen atoms in total. The van der Waals surface area contributed by atoms with E-state index in [-0.39, 0.29) is 6.16 Å². The molecule has 0 saturated carbocycles. The first-order valence-electron chi connectivity index (χ1n) is 5.74. The highest BCUT2D eigenvalue weighted by atomic mass is 31.2. The Hall–Kier alpha value is -0.850. The molecule has 1 N–H and O–H groups in total. The molecule has 0 heterocycles. The van der Waals surface area contributed by atoms with Crippen molar-refractivity contribution < 1.29 is 9.46 Å². The Kier molecular flexibility index (Phi) is 3.63. The van der Waals surface area contributed by atoms with Gasteiger partial charge >= 0.3 is 0 Å². The number of hydrogen-bond acceptors (Lipinski definition) is 1. The van der Waals surface area contributed by atoms with Crippen molar-refractivity contribution in [2.45, 2.75) is 31.8 Å². The monoisotopic (exact) mass is 236 g/mol. The molecule has 0 aromatic heterocycles. The van der Waals surface area contributed by atoms with Crippen LogP contribution in [0.4, 0.5) is 0 Å². The fourth-order valence-corrected chi connectivity index (χ4v) is 3.90. The van der Waals surface area contributed by atoms with Crippen molar-refractivity contribution in [3.8, 4) is 0 Å². The molecule has 1 aliphatic carbocycles. The number of hydrogen-bond donors (Lipinski definition) is 1. The van der Waals surface area contributed by atoms with Gasteiger partial charge in [-0.2, -0.15) is 0 Å². The minimum atomic E-state index is -3.13. The molecule has 0 saturated heterocycles. The zero-order valence-electron chi connectivity index (χ0n) is 9.30. The van der Waals surface area contributed by atoms with Gasteiger partial charge in [0.2, 0.25) is 7.37 Å². The van der Waals surface area contributed by atoms with E-state index in [0.717, 1.165) is 36.6 Å². The molecule has 1 aromatic carbocycles. The van der Waals surface area contributed by atoms with Crippen LogP contribution in [0.25, 0.3) is 0 Å². The van der Waals surface area contributed by atoms with E-state index in [9.17, 15) is 9.46 Å². The van der Waals surface area contributed by atoms with Crippen molar-refractivity contribution in [3.63, 3.8) is 0 Å². The van der Waals surface area contributed by atoms with Gasteiger partial charge in [-0.1, -0.05) is 36.4 Å². The second-order valence-corrected chi connectivity index (χ2v) is 6.58. The van der Waals surface area contributed by atoms with E-state index in [4.69, 9.17) is 0 Å². The van der Waals surface area contributed by atoms with Gasteiger partial charge in [0.15, 0.2) is 0 Å². The summed E-state index contributed by atoms with van der Waals surface area (Å²) in [5.41, 5.74) is 0.944. The van der Waals surface area contributed by atoms with Crippen LogP contribution in [0.1, 0.15) is 31.2 Å². The molecule has 0 fully saturated rings. The summed E-state index contributed by atoms with van der Waals surface area (Å²) in [4.78, 5) is 10.1. The first-order valence-corrected chi connectivity index (χ1v) is 7.58. The van der Waals surface area contributed by atoms with Crippen LogP contribution in [-0.4, -0.2) is 4.89 Å². The number of rotatable bonds is 3. The maximum absolute atomic E-state index is 12.2. The van der Waals surface area contributed by atoms with Crippen molar-refractivity contribution in [1.82, 2.24) is 0 Å². The first-order chi connectivity index (χ1) is 7.68. The van der Waals surface area contributed by atoms with E-state index in [0.29, 0.717) is 0 Å². The van der Waals surface area contributed by atoms with Crippen LogP contribution in [0, 0.1) is 0 Å². The van der Waals surface area contributed by atoms with Crippen LogP contribution in [0.2, 0.25) is 0 Å². The predicted molar refractivity (Wildman–Crippen MR) is 66.5 cm³/mol. The Morgan fingerprint density at radius 2 is 1.94 bits per heavy atom.